The van der Waals surface area contributed by atoms with Crippen LogP contribution in [0.25, 0.3) is 0 Å². The van der Waals surface area contributed by atoms with E-state index >= 15 is 0 Å². The topological polar surface area (TPSA) is 67.4 Å². The van der Waals surface area contributed by atoms with Crippen molar-refractivity contribution in [1.82, 2.24) is 0 Å². The first kappa shape index (κ1) is 21.1. The van der Waals surface area contributed by atoms with E-state index in [0.29, 0.717) is 11.3 Å². The van der Waals surface area contributed by atoms with Gasteiger partial charge in [0.05, 0.1) is 0 Å². The number of ether oxygens (including phenoxy) is 1. The van der Waals surface area contributed by atoms with Crippen LogP contribution >= 0.6 is 0 Å². The van der Waals surface area contributed by atoms with Gasteiger partial charge in [0.15, 0.2) is 6.61 Å². The molecule has 0 aliphatic heterocycles. The number of amides is 2. The zero-order valence-corrected chi connectivity index (χ0v) is 17.5. The molecule has 0 aliphatic rings. The summed E-state index contributed by atoms with van der Waals surface area (Å²) in [6.07, 6.45) is 0.954. The van der Waals surface area contributed by atoms with Gasteiger partial charge in [-0.15, -0.1) is 0 Å². The number of nitrogens with one attached hydrogen (secondary N) is 2. The highest BCUT2D eigenvalue weighted by Crippen LogP contribution is 2.18. The van der Waals surface area contributed by atoms with Gasteiger partial charge in [-0.25, -0.2) is 0 Å². The predicted molar refractivity (Wildman–Crippen MR) is 120 cm³/mol. The Balaban J connectivity index is 1.52. The molecule has 0 bridgehead atoms. The van der Waals surface area contributed by atoms with Crippen molar-refractivity contribution in [2.75, 3.05) is 17.2 Å². The molecule has 0 atom stereocenters. The molecular weight excluding hydrogens is 376 g/mol. The highest BCUT2D eigenvalue weighted by Gasteiger charge is 2.09. The number of rotatable bonds is 7. The molecule has 0 heterocycles. The first-order valence-corrected chi connectivity index (χ1v) is 9.95. The maximum Gasteiger partial charge on any atom is 0.262 e. The Hall–Kier alpha value is -3.60. The van der Waals surface area contributed by atoms with Crippen molar-refractivity contribution in [2.45, 2.75) is 27.2 Å². The van der Waals surface area contributed by atoms with Gasteiger partial charge in [0, 0.05) is 16.9 Å². The van der Waals surface area contributed by atoms with Gasteiger partial charge in [0.25, 0.3) is 11.8 Å². The van der Waals surface area contributed by atoms with Crippen molar-refractivity contribution >= 4 is 23.2 Å². The number of carbonyl (C=O) groups excluding carboxylic acids is 2. The number of hydrogen-bond acceptors (Lipinski definition) is 3. The van der Waals surface area contributed by atoms with Crippen LogP contribution in [0, 0.1) is 13.8 Å². The minimum absolute atomic E-state index is 0.108. The highest BCUT2D eigenvalue weighted by molar-refractivity contribution is 6.04. The summed E-state index contributed by atoms with van der Waals surface area (Å²) in [5.74, 6) is 0.0900. The SMILES string of the molecule is CCc1ccc(NC(=O)COc2ccc(C(=O)Nc3ccc(C)cc3C)cc2)cc1. The maximum absolute atomic E-state index is 12.5. The van der Waals surface area contributed by atoms with E-state index in [1.807, 2.05) is 56.3 Å². The van der Waals surface area contributed by atoms with Crippen LogP contribution < -0.4 is 15.4 Å². The number of benzene rings is 3. The zero-order chi connectivity index (χ0) is 21.5. The average molecular weight is 402 g/mol. The second-order valence-electron chi connectivity index (χ2n) is 7.18. The number of hydrogen-bond donors (Lipinski definition) is 2. The van der Waals surface area contributed by atoms with E-state index in [1.54, 1.807) is 24.3 Å². The molecule has 0 spiro atoms. The average Bonchev–Trinajstić information content (AvgIpc) is 2.75. The smallest absolute Gasteiger partial charge is 0.262 e. The fraction of sp³-hybridized carbons (Fsp3) is 0.200. The molecule has 3 aromatic rings. The van der Waals surface area contributed by atoms with Crippen molar-refractivity contribution in [2.24, 2.45) is 0 Å². The fourth-order valence-corrected chi connectivity index (χ4v) is 3.02. The number of carbonyl (C=O) groups is 2. The normalized spacial score (nSPS) is 10.4. The van der Waals surface area contributed by atoms with Crippen LogP contribution in [0.15, 0.2) is 66.7 Å². The Morgan fingerprint density at radius 1 is 0.867 bits per heavy atom. The molecule has 3 aromatic carbocycles. The standard InChI is InChI=1S/C25H26N2O3/c1-4-19-6-10-21(11-7-19)26-24(28)16-30-22-12-8-20(9-13-22)25(29)27-23-14-5-17(2)15-18(23)3/h5-15H,4,16H2,1-3H3,(H,26,28)(H,27,29). The highest BCUT2D eigenvalue weighted by atomic mass is 16.5. The van der Waals surface area contributed by atoms with Crippen LogP contribution in [0.5, 0.6) is 5.75 Å². The Kier molecular flexibility index (Phi) is 6.86. The molecule has 2 N–H and O–H groups in total. The third-order valence-corrected chi connectivity index (χ3v) is 4.76. The van der Waals surface area contributed by atoms with Gasteiger partial charge in [-0.2, -0.15) is 0 Å². The molecule has 0 saturated heterocycles. The van der Waals surface area contributed by atoms with Crippen LogP contribution in [0.4, 0.5) is 11.4 Å². The van der Waals surface area contributed by atoms with E-state index in [2.05, 4.69) is 17.6 Å². The summed E-state index contributed by atoms with van der Waals surface area (Å²) in [7, 11) is 0. The summed E-state index contributed by atoms with van der Waals surface area (Å²) in [5.41, 5.74) is 5.41. The Bertz CT molecular complexity index is 1030. The molecule has 5 nitrogen and oxygen atoms in total. The van der Waals surface area contributed by atoms with Gasteiger partial charge >= 0.3 is 0 Å². The van der Waals surface area contributed by atoms with Crippen LogP contribution in [0.2, 0.25) is 0 Å². The number of aryl methyl sites for hydroxylation is 3. The van der Waals surface area contributed by atoms with Crippen LogP contribution in [0.1, 0.15) is 34.0 Å². The second-order valence-corrected chi connectivity index (χ2v) is 7.18. The van der Waals surface area contributed by atoms with Crippen molar-refractivity contribution in [3.63, 3.8) is 0 Å². The number of anilines is 2. The van der Waals surface area contributed by atoms with Crippen molar-refractivity contribution in [3.05, 3.63) is 89.0 Å². The minimum atomic E-state index is -0.240. The molecule has 2 amide bonds. The Morgan fingerprint density at radius 3 is 2.20 bits per heavy atom. The quantitative estimate of drug-likeness (QED) is 0.575. The van der Waals surface area contributed by atoms with Crippen LogP contribution in [0.3, 0.4) is 0 Å². The van der Waals surface area contributed by atoms with Crippen molar-refractivity contribution in [1.29, 1.82) is 0 Å². The monoisotopic (exact) mass is 402 g/mol. The van der Waals surface area contributed by atoms with E-state index in [4.69, 9.17) is 4.74 Å². The fourth-order valence-electron chi connectivity index (χ4n) is 3.02. The third kappa shape index (κ3) is 5.70. The second kappa shape index (κ2) is 9.74. The van der Waals surface area contributed by atoms with E-state index < -0.39 is 0 Å². The van der Waals surface area contributed by atoms with Crippen molar-refractivity contribution in [3.8, 4) is 5.75 Å². The molecule has 0 saturated carbocycles. The van der Waals surface area contributed by atoms with E-state index in [0.717, 1.165) is 28.9 Å². The molecule has 154 valence electrons. The Morgan fingerprint density at radius 2 is 1.57 bits per heavy atom. The summed E-state index contributed by atoms with van der Waals surface area (Å²) < 4.78 is 5.53. The van der Waals surface area contributed by atoms with Gasteiger partial charge in [0.1, 0.15) is 5.75 Å². The molecule has 30 heavy (non-hydrogen) atoms. The van der Waals surface area contributed by atoms with Gasteiger partial charge < -0.3 is 15.4 Å². The lowest BCUT2D eigenvalue weighted by Crippen LogP contribution is -2.20. The summed E-state index contributed by atoms with van der Waals surface area (Å²) in [4.78, 5) is 24.5. The van der Waals surface area contributed by atoms with E-state index in [9.17, 15) is 9.59 Å². The largest absolute Gasteiger partial charge is 0.484 e. The molecule has 0 aromatic heterocycles. The lowest BCUT2D eigenvalue weighted by atomic mass is 10.1. The minimum Gasteiger partial charge on any atom is -0.484 e. The molecule has 0 unspecified atom stereocenters. The van der Waals surface area contributed by atoms with Gasteiger partial charge in [-0.1, -0.05) is 36.8 Å². The molecular formula is C25H26N2O3. The lowest BCUT2D eigenvalue weighted by molar-refractivity contribution is -0.118. The maximum atomic E-state index is 12.5. The van der Waals surface area contributed by atoms with Crippen LogP contribution in [-0.2, 0) is 11.2 Å². The third-order valence-electron chi connectivity index (χ3n) is 4.76. The molecule has 3 rings (SSSR count). The molecule has 0 aliphatic carbocycles. The van der Waals surface area contributed by atoms with Gasteiger partial charge in [-0.05, 0) is 73.9 Å². The first-order valence-electron chi connectivity index (χ1n) is 9.95. The first-order chi connectivity index (χ1) is 14.4. The zero-order valence-electron chi connectivity index (χ0n) is 17.5. The molecule has 0 fully saturated rings. The molecule has 0 radical (unpaired) electrons. The van der Waals surface area contributed by atoms with Crippen molar-refractivity contribution < 1.29 is 14.3 Å². The lowest BCUT2D eigenvalue weighted by Gasteiger charge is -2.10. The molecule has 5 heteroatoms. The summed E-state index contributed by atoms with van der Waals surface area (Å²) in [6, 6.07) is 20.3. The van der Waals surface area contributed by atoms with Gasteiger partial charge in [0.2, 0.25) is 0 Å². The predicted octanol–water partition coefficient (Wildman–Crippen LogP) is 5.14. The van der Waals surface area contributed by atoms with E-state index in [1.165, 1.54) is 5.56 Å². The van der Waals surface area contributed by atoms with E-state index in [-0.39, 0.29) is 18.4 Å². The summed E-state index contributed by atoms with van der Waals surface area (Å²) in [6.45, 7) is 5.95. The Labute approximate surface area is 177 Å². The van der Waals surface area contributed by atoms with Gasteiger partial charge in [-0.3, -0.25) is 9.59 Å². The summed E-state index contributed by atoms with van der Waals surface area (Å²) in [5, 5.41) is 5.72. The summed E-state index contributed by atoms with van der Waals surface area (Å²) >= 11 is 0. The van der Waals surface area contributed by atoms with Crippen LogP contribution in [-0.4, -0.2) is 18.4 Å².